The molecule has 0 heterocycles. The van der Waals surface area contributed by atoms with Gasteiger partial charge in [-0.05, 0) is 18.8 Å². The number of alkyl halides is 8. The van der Waals surface area contributed by atoms with Gasteiger partial charge in [0, 0.05) is 11.8 Å². The van der Waals surface area contributed by atoms with E-state index in [9.17, 15) is 35.1 Å². The first-order valence-corrected chi connectivity index (χ1v) is 5.88. The molecule has 3 saturated carbocycles. The van der Waals surface area contributed by atoms with Crippen LogP contribution in [0.5, 0.6) is 0 Å². The minimum atomic E-state index is -6.02. The monoisotopic (exact) mass is 294 g/mol. The lowest BCUT2D eigenvalue weighted by Gasteiger charge is -2.41. The number of rotatable bonds is 0. The number of hydrogen-bond acceptors (Lipinski definition) is 0. The third-order valence-electron chi connectivity index (χ3n) is 5.19. The van der Waals surface area contributed by atoms with Crippen molar-refractivity contribution in [1.82, 2.24) is 0 Å². The van der Waals surface area contributed by atoms with Crippen molar-refractivity contribution in [2.75, 3.05) is 0 Å². The van der Waals surface area contributed by atoms with Crippen LogP contribution in [0.25, 0.3) is 0 Å². The largest absolute Gasteiger partial charge is 0.378 e. The maximum atomic E-state index is 14.5. The number of fused-ring (bicyclic) bond motifs is 5. The molecule has 0 aliphatic heterocycles. The highest BCUT2D eigenvalue weighted by Crippen LogP contribution is 2.79. The van der Waals surface area contributed by atoms with Crippen LogP contribution < -0.4 is 0 Å². The predicted octanol–water partition coefficient (Wildman–Crippen LogP) is 4.00. The van der Waals surface area contributed by atoms with Gasteiger partial charge in [0.1, 0.15) is 0 Å². The standard InChI is InChI=1S/C11H10F8/c1-4-2-5-3-6(4)8(13)7(5,12)9(14,15)11(18,19)10(8,16)17/h4-6H,2-3H2,1H3. The highest BCUT2D eigenvalue weighted by Gasteiger charge is 3.03. The minimum absolute atomic E-state index is 0.283. The van der Waals surface area contributed by atoms with Gasteiger partial charge < -0.3 is 0 Å². The highest BCUT2D eigenvalue weighted by atomic mass is 19.4. The summed E-state index contributed by atoms with van der Waals surface area (Å²) in [7, 11) is 0. The van der Waals surface area contributed by atoms with Crippen molar-refractivity contribution >= 4 is 0 Å². The van der Waals surface area contributed by atoms with E-state index in [-0.39, 0.29) is 6.42 Å². The van der Waals surface area contributed by atoms with E-state index in [0.717, 1.165) is 0 Å². The Morgan fingerprint density at radius 2 is 1.16 bits per heavy atom. The molecule has 3 aliphatic rings. The molecular weight excluding hydrogens is 284 g/mol. The summed E-state index contributed by atoms with van der Waals surface area (Å²) in [5.74, 6) is -21.9. The SMILES string of the molecule is CC1CC2CC1C1(F)C(F)(F)C(F)(F)C(F)(F)C21F. The minimum Gasteiger partial charge on any atom is -0.233 e. The molecule has 2 bridgehead atoms. The van der Waals surface area contributed by atoms with E-state index < -0.39 is 53.3 Å². The van der Waals surface area contributed by atoms with Crippen molar-refractivity contribution < 1.29 is 35.1 Å². The van der Waals surface area contributed by atoms with Crippen molar-refractivity contribution in [1.29, 1.82) is 0 Å². The summed E-state index contributed by atoms with van der Waals surface area (Å²) in [5, 5.41) is 0. The molecule has 3 fully saturated rings. The van der Waals surface area contributed by atoms with Crippen molar-refractivity contribution in [2.45, 2.75) is 48.9 Å². The molecule has 0 N–H and O–H groups in total. The van der Waals surface area contributed by atoms with E-state index >= 15 is 0 Å². The van der Waals surface area contributed by atoms with Gasteiger partial charge in [-0.25, -0.2) is 8.78 Å². The van der Waals surface area contributed by atoms with Crippen LogP contribution in [0.3, 0.4) is 0 Å². The maximum absolute atomic E-state index is 14.5. The molecule has 0 aromatic heterocycles. The zero-order valence-corrected chi connectivity index (χ0v) is 9.67. The summed E-state index contributed by atoms with van der Waals surface area (Å²) in [6.45, 7) is 1.29. The topological polar surface area (TPSA) is 0 Å². The third kappa shape index (κ3) is 0.888. The molecule has 5 atom stereocenters. The van der Waals surface area contributed by atoms with Gasteiger partial charge in [0.05, 0.1) is 0 Å². The van der Waals surface area contributed by atoms with E-state index in [0.29, 0.717) is 0 Å². The van der Waals surface area contributed by atoms with Crippen LogP contribution in [0, 0.1) is 17.8 Å². The lowest BCUT2D eigenvalue weighted by molar-refractivity contribution is -0.298. The maximum Gasteiger partial charge on any atom is 0.378 e. The Morgan fingerprint density at radius 1 is 0.684 bits per heavy atom. The highest BCUT2D eigenvalue weighted by molar-refractivity contribution is 5.38. The molecule has 3 aliphatic carbocycles. The fraction of sp³-hybridized carbons (Fsp3) is 1.00. The Bertz CT molecular complexity index is 446. The smallest absolute Gasteiger partial charge is 0.233 e. The second-order valence-corrected chi connectivity index (χ2v) is 5.90. The fourth-order valence-electron chi connectivity index (χ4n) is 4.29. The second kappa shape index (κ2) is 2.88. The Hall–Kier alpha value is -0.560. The van der Waals surface area contributed by atoms with Crippen LogP contribution in [-0.2, 0) is 0 Å². The number of hydrogen-bond donors (Lipinski definition) is 0. The Balaban J connectivity index is 2.31. The van der Waals surface area contributed by atoms with Crippen LogP contribution in [-0.4, -0.2) is 29.1 Å². The van der Waals surface area contributed by atoms with Gasteiger partial charge >= 0.3 is 17.8 Å². The van der Waals surface area contributed by atoms with Gasteiger partial charge in [0.25, 0.3) is 0 Å². The summed E-state index contributed by atoms with van der Waals surface area (Å²) >= 11 is 0. The van der Waals surface area contributed by atoms with E-state index in [1.54, 1.807) is 0 Å². The molecule has 0 spiro atoms. The lowest BCUT2D eigenvalue weighted by atomic mass is 9.70. The molecule has 0 aromatic carbocycles. The second-order valence-electron chi connectivity index (χ2n) is 5.90. The average molecular weight is 294 g/mol. The molecule has 3 rings (SSSR count). The van der Waals surface area contributed by atoms with Gasteiger partial charge in [-0.2, -0.15) is 26.3 Å². The molecule has 110 valence electrons. The quantitative estimate of drug-likeness (QED) is 0.592. The predicted molar refractivity (Wildman–Crippen MR) is 47.9 cm³/mol. The van der Waals surface area contributed by atoms with Crippen molar-refractivity contribution in [3.63, 3.8) is 0 Å². The molecular formula is C11H10F8. The zero-order valence-electron chi connectivity index (χ0n) is 9.67. The van der Waals surface area contributed by atoms with Crippen molar-refractivity contribution in [2.24, 2.45) is 17.8 Å². The molecule has 0 radical (unpaired) electrons. The lowest BCUT2D eigenvalue weighted by Crippen LogP contribution is -2.62. The summed E-state index contributed by atoms with van der Waals surface area (Å²) in [4.78, 5) is 0. The average Bonchev–Trinajstić information content (AvgIpc) is 2.77. The molecule has 0 amide bonds. The van der Waals surface area contributed by atoms with Crippen molar-refractivity contribution in [3.8, 4) is 0 Å². The molecule has 5 unspecified atom stereocenters. The van der Waals surface area contributed by atoms with Gasteiger partial charge in [0.2, 0.25) is 11.3 Å². The summed E-state index contributed by atoms with van der Waals surface area (Å²) in [5.41, 5.74) is -9.00. The Kier molecular flexibility index (Phi) is 2.04. The fourth-order valence-corrected chi connectivity index (χ4v) is 4.29. The van der Waals surface area contributed by atoms with Crippen LogP contribution in [0.15, 0.2) is 0 Å². The Labute approximate surface area is 103 Å². The van der Waals surface area contributed by atoms with Crippen LogP contribution >= 0.6 is 0 Å². The van der Waals surface area contributed by atoms with Crippen LogP contribution in [0.4, 0.5) is 35.1 Å². The van der Waals surface area contributed by atoms with Gasteiger partial charge in [-0.15, -0.1) is 0 Å². The molecule has 0 saturated heterocycles. The van der Waals surface area contributed by atoms with Gasteiger partial charge in [-0.3, -0.25) is 0 Å². The van der Waals surface area contributed by atoms with Crippen molar-refractivity contribution in [3.05, 3.63) is 0 Å². The van der Waals surface area contributed by atoms with Crippen LogP contribution in [0.2, 0.25) is 0 Å². The normalized spacial score (nSPS) is 56.4. The van der Waals surface area contributed by atoms with E-state index in [2.05, 4.69) is 0 Å². The molecule has 19 heavy (non-hydrogen) atoms. The van der Waals surface area contributed by atoms with E-state index in [1.807, 2.05) is 0 Å². The number of halogens is 8. The third-order valence-corrected chi connectivity index (χ3v) is 5.19. The van der Waals surface area contributed by atoms with E-state index in [1.165, 1.54) is 6.92 Å². The zero-order chi connectivity index (χ0) is 14.6. The first kappa shape index (κ1) is 13.4. The summed E-state index contributed by atoms with van der Waals surface area (Å²) in [6.07, 6.45) is -0.829. The van der Waals surface area contributed by atoms with Gasteiger partial charge in [0.15, 0.2) is 0 Å². The van der Waals surface area contributed by atoms with Gasteiger partial charge in [-0.1, -0.05) is 6.92 Å². The van der Waals surface area contributed by atoms with Crippen LogP contribution in [0.1, 0.15) is 19.8 Å². The first-order chi connectivity index (χ1) is 8.37. The molecule has 0 nitrogen and oxygen atoms in total. The summed E-state index contributed by atoms with van der Waals surface area (Å²) in [6, 6.07) is 0. The first-order valence-electron chi connectivity index (χ1n) is 5.88. The summed E-state index contributed by atoms with van der Waals surface area (Å²) < 4.78 is 110. The Morgan fingerprint density at radius 3 is 1.68 bits per heavy atom. The molecule has 8 heteroatoms. The van der Waals surface area contributed by atoms with E-state index in [4.69, 9.17) is 0 Å². The molecule has 0 aromatic rings.